The van der Waals surface area contributed by atoms with Gasteiger partial charge < -0.3 is 10.1 Å². The molecule has 0 aromatic carbocycles. The fourth-order valence-electron chi connectivity index (χ4n) is 3.02. The Labute approximate surface area is 113 Å². The number of ether oxygens (including phenoxy) is 1. The van der Waals surface area contributed by atoms with Gasteiger partial charge in [0.1, 0.15) is 5.54 Å². The van der Waals surface area contributed by atoms with Gasteiger partial charge >= 0.3 is 5.97 Å². The number of carbonyl (C=O) groups excluding carboxylic acids is 2. The van der Waals surface area contributed by atoms with E-state index in [1.165, 1.54) is 7.11 Å². The van der Waals surface area contributed by atoms with Crippen LogP contribution < -0.4 is 5.32 Å². The highest BCUT2D eigenvalue weighted by molar-refractivity contribution is 5.90. The minimum absolute atomic E-state index is 0.175. The van der Waals surface area contributed by atoms with Gasteiger partial charge in [0, 0.05) is 0 Å². The molecule has 1 N–H and O–H groups in total. The minimum Gasteiger partial charge on any atom is -0.469 e. The van der Waals surface area contributed by atoms with Crippen LogP contribution in [0, 0.1) is 29.1 Å². The summed E-state index contributed by atoms with van der Waals surface area (Å²) in [6, 6.07) is 2.27. The lowest BCUT2D eigenvalue weighted by molar-refractivity contribution is -0.143. The van der Waals surface area contributed by atoms with Crippen LogP contribution in [0.4, 0.5) is 0 Å². The standard InChI is InChI=1S/C14H20N2O3/c1-9-4-3-5-14(7-9,8-15)16-12(17)10-6-11(10)13(18)19-2/h9-11H,3-7H2,1-2H3,(H,16,17). The van der Waals surface area contributed by atoms with Gasteiger partial charge in [0.15, 0.2) is 0 Å². The fourth-order valence-corrected chi connectivity index (χ4v) is 3.02. The molecule has 4 atom stereocenters. The molecule has 5 heteroatoms. The number of hydrogen-bond acceptors (Lipinski definition) is 4. The van der Waals surface area contributed by atoms with Crippen molar-refractivity contribution in [3.05, 3.63) is 0 Å². The maximum atomic E-state index is 12.1. The van der Waals surface area contributed by atoms with Crippen LogP contribution in [0.15, 0.2) is 0 Å². The van der Waals surface area contributed by atoms with E-state index in [0.717, 1.165) is 12.8 Å². The van der Waals surface area contributed by atoms with Crippen LogP contribution in [0.1, 0.15) is 39.0 Å². The first-order chi connectivity index (χ1) is 9.01. The van der Waals surface area contributed by atoms with Crippen molar-refractivity contribution < 1.29 is 14.3 Å². The molecule has 2 saturated carbocycles. The first kappa shape index (κ1) is 13.9. The number of hydrogen-bond donors (Lipinski definition) is 1. The molecule has 0 heterocycles. The molecule has 5 nitrogen and oxygen atoms in total. The lowest BCUT2D eigenvalue weighted by Crippen LogP contribution is -2.50. The molecule has 0 aromatic heterocycles. The van der Waals surface area contributed by atoms with Crippen LogP contribution in [0.5, 0.6) is 0 Å². The molecular formula is C14H20N2O3. The highest BCUT2D eigenvalue weighted by Crippen LogP contribution is 2.41. The Morgan fingerprint density at radius 1 is 1.42 bits per heavy atom. The van der Waals surface area contributed by atoms with E-state index in [2.05, 4.69) is 23.0 Å². The number of nitrogens with zero attached hydrogens (tertiary/aromatic N) is 1. The average Bonchev–Trinajstić information content (AvgIpc) is 3.18. The van der Waals surface area contributed by atoms with Crippen LogP contribution in [-0.2, 0) is 14.3 Å². The number of rotatable bonds is 3. The van der Waals surface area contributed by atoms with Crippen LogP contribution in [0.3, 0.4) is 0 Å². The van der Waals surface area contributed by atoms with Crippen LogP contribution in [-0.4, -0.2) is 24.5 Å². The maximum absolute atomic E-state index is 12.1. The van der Waals surface area contributed by atoms with Crippen molar-refractivity contribution >= 4 is 11.9 Å². The Kier molecular flexibility index (Phi) is 3.79. The summed E-state index contributed by atoms with van der Waals surface area (Å²) in [5.41, 5.74) is -0.738. The maximum Gasteiger partial charge on any atom is 0.309 e. The molecule has 2 rings (SSSR count). The van der Waals surface area contributed by atoms with Crippen LogP contribution in [0.2, 0.25) is 0 Å². The molecule has 2 aliphatic carbocycles. The summed E-state index contributed by atoms with van der Waals surface area (Å²) in [6.07, 6.45) is 4.00. The van der Waals surface area contributed by atoms with Crippen molar-refractivity contribution in [2.24, 2.45) is 17.8 Å². The van der Waals surface area contributed by atoms with E-state index in [9.17, 15) is 14.9 Å². The minimum atomic E-state index is -0.738. The monoisotopic (exact) mass is 264 g/mol. The number of carbonyl (C=O) groups is 2. The highest BCUT2D eigenvalue weighted by Gasteiger charge is 2.51. The summed E-state index contributed by atoms with van der Waals surface area (Å²) in [7, 11) is 1.33. The molecule has 104 valence electrons. The number of methoxy groups -OCH3 is 1. The Morgan fingerprint density at radius 2 is 2.16 bits per heavy atom. The quantitative estimate of drug-likeness (QED) is 0.781. The second-order valence-electron chi connectivity index (χ2n) is 5.86. The average molecular weight is 264 g/mol. The van der Waals surface area contributed by atoms with Crippen LogP contribution >= 0.6 is 0 Å². The predicted octanol–water partition coefficient (Wildman–Crippen LogP) is 1.38. The largest absolute Gasteiger partial charge is 0.469 e. The third-order valence-electron chi connectivity index (χ3n) is 4.21. The Morgan fingerprint density at radius 3 is 2.74 bits per heavy atom. The highest BCUT2D eigenvalue weighted by atomic mass is 16.5. The van der Waals surface area contributed by atoms with E-state index in [1.807, 2.05) is 0 Å². The molecule has 0 aliphatic heterocycles. The third kappa shape index (κ3) is 2.89. The van der Waals surface area contributed by atoms with Gasteiger partial charge in [-0.25, -0.2) is 0 Å². The van der Waals surface area contributed by atoms with E-state index in [0.29, 0.717) is 25.2 Å². The van der Waals surface area contributed by atoms with Gasteiger partial charge in [0.2, 0.25) is 5.91 Å². The lowest BCUT2D eigenvalue weighted by Gasteiger charge is -2.35. The van der Waals surface area contributed by atoms with Crippen molar-refractivity contribution in [1.29, 1.82) is 5.26 Å². The van der Waals surface area contributed by atoms with Crippen molar-refractivity contribution in [2.45, 2.75) is 44.6 Å². The Bertz CT molecular complexity index is 429. The van der Waals surface area contributed by atoms with Gasteiger partial charge in [-0.15, -0.1) is 0 Å². The topological polar surface area (TPSA) is 79.2 Å². The molecule has 19 heavy (non-hydrogen) atoms. The predicted molar refractivity (Wildman–Crippen MR) is 67.7 cm³/mol. The lowest BCUT2D eigenvalue weighted by atomic mass is 9.77. The molecule has 0 aromatic rings. The molecule has 2 fully saturated rings. The van der Waals surface area contributed by atoms with Crippen molar-refractivity contribution in [2.75, 3.05) is 7.11 Å². The summed E-state index contributed by atoms with van der Waals surface area (Å²) in [4.78, 5) is 23.4. The Hall–Kier alpha value is -1.57. The zero-order valence-corrected chi connectivity index (χ0v) is 11.4. The van der Waals surface area contributed by atoms with Gasteiger partial charge in [-0.2, -0.15) is 5.26 Å². The van der Waals surface area contributed by atoms with Crippen molar-refractivity contribution in [3.8, 4) is 6.07 Å². The first-order valence-corrected chi connectivity index (χ1v) is 6.82. The summed E-state index contributed by atoms with van der Waals surface area (Å²) >= 11 is 0. The molecule has 4 unspecified atom stereocenters. The summed E-state index contributed by atoms with van der Waals surface area (Å²) in [6.45, 7) is 2.10. The number of nitriles is 1. The summed E-state index contributed by atoms with van der Waals surface area (Å²) in [5.74, 6) is -0.685. The molecule has 0 saturated heterocycles. The molecule has 2 aliphatic rings. The second kappa shape index (κ2) is 5.20. The van der Waals surface area contributed by atoms with Gasteiger partial charge in [0.25, 0.3) is 0 Å². The second-order valence-corrected chi connectivity index (χ2v) is 5.86. The van der Waals surface area contributed by atoms with Crippen molar-refractivity contribution in [1.82, 2.24) is 5.32 Å². The number of nitrogens with one attached hydrogen (secondary N) is 1. The zero-order valence-electron chi connectivity index (χ0n) is 11.4. The number of esters is 1. The van der Waals surface area contributed by atoms with E-state index in [1.54, 1.807) is 0 Å². The SMILES string of the molecule is COC(=O)C1CC1C(=O)NC1(C#N)CCCC(C)C1. The fraction of sp³-hybridized carbons (Fsp3) is 0.786. The zero-order chi connectivity index (χ0) is 14.0. The van der Waals surface area contributed by atoms with Crippen molar-refractivity contribution in [3.63, 3.8) is 0 Å². The van der Waals surface area contributed by atoms with Gasteiger partial charge in [0.05, 0.1) is 25.0 Å². The Balaban J connectivity index is 1.95. The smallest absolute Gasteiger partial charge is 0.309 e. The van der Waals surface area contributed by atoms with Gasteiger partial charge in [-0.1, -0.05) is 13.3 Å². The summed E-state index contributed by atoms with van der Waals surface area (Å²) in [5, 5.41) is 12.3. The van der Waals surface area contributed by atoms with Gasteiger partial charge in [-0.05, 0) is 31.6 Å². The summed E-state index contributed by atoms with van der Waals surface area (Å²) < 4.78 is 4.63. The van der Waals surface area contributed by atoms with E-state index >= 15 is 0 Å². The van der Waals surface area contributed by atoms with Crippen LogP contribution in [0.25, 0.3) is 0 Å². The first-order valence-electron chi connectivity index (χ1n) is 6.82. The normalized spacial score (nSPS) is 37.0. The van der Waals surface area contributed by atoms with Gasteiger partial charge in [-0.3, -0.25) is 9.59 Å². The van der Waals surface area contributed by atoms with E-state index in [4.69, 9.17) is 0 Å². The van der Waals surface area contributed by atoms with E-state index in [-0.39, 0.29) is 23.7 Å². The number of amides is 1. The molecular weight excluding hydrogens is 244 g/mol. The molecule has 1 amide bonds. The molecule has 0 bridgehead atoms. The third-order valence-corrected chi connectivity index (χ3v) is 4.21. The molecule has 0 spiro atoms. The van der Waals surface area contributed by atoms with E-state index < -0.39 is 5.54 Å². The molecule has 0 radical (unpaired) electrons.